The number of aryl methyl sites for hydroxylation is 1. The van der Waals surface area contributed by atoms with Gasteiger partial charge in [0.15, 0.2) is 0 Å². The van der Waals surface area contributed by atoms with Crippen molar-refractivity contribution in [1.29, 1.82) is 0 Å². The molecule has 56 valence electrons. The van der Waals surface area contributed by atoms with Crippen LogP contribution in [0.25, 0.3) is 10.1 Å². The molecule has 2 nitrogen and oxygen atoms in total. The first-order valence-electron chi connectivity index (χ1n) is 3.24. The molecular formula is C8H6O2S. The third kappa shape index (κ3) is 0.886. The molecule has 0 aromatic carbocycles. The zero-order valence-electron chi connectivity index (χ0n) is 5.96. The van der Waals surface area contributed by atoms with Gasteiger partial charge in [-0.3, -0.25) is 0 Å². The summed E-state index contributed by atoms with van der Waals surface area (Å²) < 4.78 is 5.50. The second kappa shape index (κ2) is 2.20. The minimum atomic E-state index is -0.236. The van der Waals surface area contributed by atoms with E-state index in [0.29, 0.717) is 4.70 Å². The fraction of sp³-hybridized carbons (Fsp3) is 0.125. The molecule has 2 aromatic rings. The van der Waals surface area contributed by atoms with Crippen LogP contribution in [0.1, 0.15) is 5.56 Å². The summed E-state index contributed by atoms with van der Waals surface area (Å²) in [6, 6.07) is 1.94. The van der Waals surface area contributed by atoms with Gasteiger partial charge in [0.2, 0.25) is 0 Å². The van der Waals surface area contributed by atoms with Crippen molar-refractivity contribution in [3.05, 3.63) is 33.7 Å². The lowest BCUT2D eigenvalue weighted by Gasteiger charge is -1.90. The molecule has 0 aliphatic carbocycles. The Morgan fingerprint density at radius 2 is 2.36 bits per heavy atom. The van der Waals surface area contributed by atoms with Crippen molar-refractivity contribution in [2.75, 3.05) is 0 Å². The zero-order valence-corrected chi connectivity index (χ0v) is 6.77. The van der Waals surface area contributed by atoms with Crippen LogP contribution in [-0.4, -0.2) is 0 Å². The summed E-state index contributed by atoms with van der Waals surface area (Å²) in [6.07, 6.45) is 1.50. The lowest BCUT2D eigenvalue weighted by atomic mass is 10.2. The molecule has 0 saturated carbocycles. The molecule has 2 heterocycles. The van der Waals surface area contributed by atoms with Crippen molar-refractivity contribution >= 4 is 21.4 Å². The van der Waals surface area contributed by atoms with Gasteiger partial charge >= 0.3 is 5.63 Å². The number of hydrogen-bond acceptors (Lipinski definition) is 3. The summed E-state index contributed by atoms with van der Waals surface area (Å²) in [5, 5.41) is 2.90. The lowest BCUT2D eigenvalue weighted by Crippen LogP contribution is -1.95. The van der Waals surface area contributed by atoms with Gasteiger partial charge in [-0.15, -0.1) is 11.3 Å². The monoisotopic (exact) mass is 166 g/mol. The van der Waals surface area contributed by atoms with E-state index in [-0.39, 0.29) is 5.63 Å². The lowest BCUT2D eigenvalue weighted by molar-refractivity contribution is 0.517. The first-order chi connectivity index (χ1) is 5.29. The van der Waals surface area contributed by atoms with E-state index >= 15 is 0 Å². The number of rotatable bonds is 0. The van der Waals surface area contributed by atoms with Crippen LogP contribution in [0.5, 0.6) is 0 Å². The molecule has 0 bridgehead atoms. The summed E-state index contributed by atoms with van der Waals surface area (Å²) in [4.78, 5) is 11.0. The molecule has 2 aromatic heterocycles. The number of hydrogen-bond donors (Lipinski definition) is 0. The predicted octanol–water partition coefficient (Wildman–Crippen LogP) is 2.16. The van der Waals surface area contributed by atoms with Crippen molar-refractivity contribution in [3.8, 4) is 0 Å². The molecule has 0 saturated heterocycles. The minimum Gasteiger partial charge on any atom is -0.430 e. The highest BCUT2D eigenvalue weighted by atomic mass is 32.1. The Labute approximate surface area is 67.1 Å². The Morgan fingerprint density at radius 3 is 3.09 bits per heavy atom. The fourth-order valence-electron chi connectivity index (χ4n) is 1.04. The standard InChI is InChI=1S/C8H6O2S/c1-5-4-10-8(9)7-6(5)2-3-11-7/h2-4H,1H3. The summed E-state index contributed by atoms with van der Waals surface area (Å²) in [5.41, 5.74) is 0.779. The van der Waals surface area contributed by atoms with E-state index in [1.165, 1.54) is 17.6 Å². The number of thiophene rings is 1. The van der Waals surface area contributed by atoms with Crippen LogP contribution < -0.4 is 5.63 Å². The van der Waals surface area contributed by atoms with E-state index in [4.69, 9.17) is 4.42 Å². The third-order valence-corrected chi connectivity index (χ3v) is 2.51. The van der Waals surface area contributed by atoms with E-state index < -0.39 is 0 Å². The Morgan fingerprint density at radius 1 is 1.55 bits per heavy atom. The van der Waals surface area contributed by atoms with E-state index in [0.717, 1.165) is 10.9 Å². The molecule has 0 amide bonds. The van der Waals surface area contributed by atoms with Crippen molar-refractivity contribution in [3.63, 3.8) is 0 Å². The Bertz CT molecular complexity index is 439. The summed E-state index contributed by atoms with van der Waals surface area (Å²) in [5.74, 6) is 0. The smallest absolute Gasteiger partial charge is 0.353 e. The van der Waals surface area contributed by atoms with Crippen LogP contribution in [0, 0.1) is 6.92 Å². The highest BCUT2D eigenvalue weighted by Gasteiger charge is 2.02. The van der Waals surface area contributed by atoms with Crippen LogP contribution in [0.15, 0.2) is 26.9 Å². The molecule has 2 rings (SSSR count). The van der Waals surface area contributed by atoms with Gasteiger partial charge in [-0.25, -0.2) is 4.79 Å². The zero-order chi connectivity index (χ0) is 7.84. The molecule has 3 heteroatoms. The average molecular weight is 166 g/mol. The van der Waals surface area contributed by atoms with Crippen molar-refractivity contribution < 1.29 is 4.42 Å². The second-order valence-corrected chi connectivity index (χ2v) is 3.29. The van der Waals surface area contributed by atoms with Crippen LogP contribution >= 0.6 is 11.3 Å². The van der Waals surface area contributed by atoms with Crippen molar-refractivity contribution in [2.45, 2.75) is 6.92 Å². The van der Waals surface area contributed by atoms with Crippen molar-refractivity contribution in [2.24, 2.45) is 0 Å². The second-order valence-electron chi connectivity index (χ2n) is 2.37. The Hall–Kier alpha value is -1.09. The molecule has 0 fully saturated rings. The van der Waals surface area contributed by atoms with E-state index in [1.807, 2.05) is 18.4 Å². The molecule has 0 aliphatic heterocycles. The topological polar surface area (TPSA) is 30.2 Å². The molecule has 0 N–H and O–H groups in total. The third-order valence-electron chi connectivity index (χ3n) is 1.62. The van der Waals surface area contributed by atoms with Gasteiger partial charge in [0.1, 0.15) is 4.70 Å². The number of fused-ring (bicyclic) bond motifs is 1. The first kappa shape index (κ1) is 6.61. The van der Waals surface area contributed by atoms with Crippen molar-refractivity contribution in [1.82, 2.24) is 0 Å². The van der Waals surface area contributed by atoms with Gasteiger partial charge < -0.3 is 4.42 Å². The normalized spacial score (nSPS) is 10.6. The van der Waals surface area contributed by atoms with E-state index in [1.54, 1.807) is 0 Å². The quantitative estimate of drug-likeness (QED) is 0.600. The van der Waals surface area contributed by atoms with Crippen LogP contribution in [0.2, 0.25) is 0 Å². The summed E-state index contributed by atoms with van der Waals surface area (Å²) >= 11 is 1.42. The fourth-order valence-corrected chi connectivity index (χ4v) is 1.88. The van der Waals surface area contributed by atoms with Gasteiger partial charge in [-0.05, 0) is 23.9 Å². The van der Waals surface area contributed by atoms with Gasteiger partial charge in [0.05, 0.1) is 6.26 Å². The average Bonchev–Trinajstić information content (AvgIpc) is 2.45. The maximum Gasteiger partial charge on any atom is 0.353 e. The van der Waals surface area contributed by atoms with Gasteiger partial charge in [0.25, 0.3) is 0 Å². The highest BCUT2D eigenvalue weighted by molar-refractivity contribution is 7.17. The van der Waals surface area contributed by atoms with Crippen LogP contribution in [0.4, 0.5) is 0 Å². The SMILES string of the molecule is Cc1coc(=O)c2sccc12. The van der Waals surface area contributed by atoms with E-state index in [2.05, 4.69) is 0 Å². The molecule has 0 unspecified atom stereocenters. The molecule has 0 spiro atoms. The molecule has 0 atom stereocenters. The summed E-state index contributed by atoms with van der Waals surface area (Å²) in [6.45, 7) is 1.93. The Kier molecular flexibility index (Phi) is 1.32. The largest absolute Gasteiger partial charge is 0.430 e. The van der Waals surface area contributed by atoms with Gasteiger partial charge in [-0.2, -0.15) is 0 Å². The van der Waals surface area contributed by atoms with Crippen LogP contribution in [0.3, 0.4) is 0 Å². The van der Waals surface area contributed by atoms with E-state index in [9.17, 15) is 4.79 Å². The molecule has 0 radical (unpaired) electrons. The van der Waals surface area contributed by atoms with Gasteiger partial charge in [-0.1, -0.05) is 0 Å². The van der Waals surface area contributed by atoms with Gasteiger partial charge in [0, 0.05) is 5.39 Å². The van der Waals surface area contributed by atoms with Crippen LogP contribution in [-0.2, 0) is 0 Å². The maximum absolute atomic E-state index is 11.0. The minimum absolute atomic E-state index is 0.236. The maximum atomic E-state index is 11.0. The highest BCUT2D eigenvalue weighted by Crippen LogP contribution is 2.19. The molecular weight excluding hydrogens is 160 g/mol. The predicted molar refractivity (Wildman–Crippen MR) is 45.1 cm³/mol. The molecule has 0 aliphatic rings. The Balaban J connectivity index is 3.08. The summed E-state index contributed by atoms with van der Waals surface area (Å²) in [7, 11) is 0. The molecule has 11 heavy (non-hydrogen) atoms. The first-order valence-corrected chi connectivity index (χ1v) is 4.12.